The van der Waals surface area contributed by atoms with E-state index < -0.39 is 53.8 Å². The number of amides is 5. The first-order chi connectivity index (χ1) is 20.5. The van der Waals surface area contributed by atoms with Crippen LogP contribution in [0.15, 0.2) is 66.7 Å². The number of hydrogen-bond donors (Lipinski definition) is 5. The number of carbonyl (C=O) groups excluding carboxylic acids is 4. The third-order valence-corrected chi connectivity index (χ3v) is 7.30. The van der Waals surface area contributed by atoms with Crippen LogP contribution in [0.3, 0.4) is 0 Å². The van der Waals surface area contributed by atoms with E-state index in [-0.39, 0.29) is 30.8 Å². The molecule has 1 fully saturated rings. The first-order valence-corrected chi connectivity index (χ1v) is 13.4. The minimum Gasteiger partial charge on any atom is -0.465 e. The van der Waals surface area contributed by atoms with Gasteiger partial charge in [0.05, 0.1) is 18.7 Å². The molecule has 0 radical (unpaired) electrons. The van der Waals surface area contributed by atoms with Gasteiger partial charge >= 0.3 is 12.2 Å². The molecule has 222 valence electrons. The van der Waals surface area contributed by atoms with Gasteiger partial charge < -0.3 is 25.4 Å². The Kier molecular flexibility index (Phi) is 8.17. The molecule has 0 aromatic heterocycles. The van der Waals surface area contributed by atoms with Crippen molar-refractivity contribution < 1.29 is 38.2 Å². The van der Waals surface area contributed by atoms with Gasteiger partial charge in [0.2, 0.25) is 11.8 Å². The second kappa shape index (κ2) is 12.0. The van der Waals surface area contributed by atoms with E-state index in [1.54, 1.807) is 18.2 Å². The van der Waals surface area contributed by atoms with Gasteiger partial charge in [0, 0.05) is 40.5 Å². The van der Waals surface area contributed by atoms with Crippen LogP contribution >= 0.6 is 11.6 Å². The zero-order chi connectivity index (χ0) is 30.7. The maximum Gasteiger partial charge on any atom is 0.412 e. The highest BCUT2D eigenvalue weighted by Gasteiger charge is 2.49. The molecule has 0 unspecified atom stereocenters. The van der Waals surface area contributed by atoms with E-state index in [0.29, 0.717) is 22.0 Å². The molecule has 0 bridgehead atoms. The fraction of sp³-hybridized carbons (Fsp3) is 0.207. The van der Waals surface area contributed by atoms with Crippen LogP contribution in [0.4, 0.5) is 31.0 Å². The number of halogens is 2. The van der Waals surface area contributed by atoms with Gasteiger partial charge in [-0.25, -0.2) is 14.0 Å². The van der Waals surface area contributed by atoms with Crippen molar-refractivity contribution in [1.82, 2.24) is 10.2 Å². The molecule has 2 heterocycles. The number of hydrogen-bond acceptors (Lipinski definition) is 6. The van der Waals surface area contributed by atoms with Crippen LogP contribution in [0.1, 0.15) is 28.8 Å². The maximum atomic E-state index is 13.8. The van der Waals surface area contributed by atoms with Gasteiger partial charge in [0.25, 0.3) is 5.91 Å². The molecular weight excluding hydrogens is 585 g/mol. The van der Waals surface area contributed by atoms with Crippen molar-refractivity contribution in [2.75, 3.05) is 29.0 Å². The van der Waals surface area contributed by atoms with Crippen molar-refractivity contribution in [2.45, 2.75) is 24.5 Å². The van der Waals surface area contributed by atoms with Crippen molar-refractivity contribution in [1.29, 1.82) is 0 Å². The van der Waals surface area contributed by atoms with Crippen LogP contribution in [0.5, 0.6) is 0 Å². The monoisotopic (exact) mass is 609 g/mol. The zero-order valence-electron chi connectivity index (χ0n) is 22.4. The standard InChI is InChI=1S/C29H25ClFN5O7/c30-17-3-10-22-21(13-17)29(43-28(42)35-22)11-12-36(15-29)26(39)23(14-24(37)32-19-8-4-18(31)5-9-19)34-25(38)16-1-6-20(7-2-16)33-27(40)41/h1-10,13,23,33H,11-12,14-15H2,(H,32,37)(H,34,38)(H,35,42)(H,40,41)/t23-,29-/m0/s1. The third kappa shape index (κ3) is 6.67. The van der Waals surface area contributed by atoms with Gasteiger partial charge in [-0.1, -0.05) is 11.6 Å². The number of anilines is 3. The smallest absolute Gasteiger partial charge is 0.412 e. The second-order valence-electron chi connectivity index (χ2n) is 10.0. The van der Waals surface area contributed by atoms with E-state index in [9.17, 15) is 28.4 Å². The number of nitrogens with zero attached hydrogens (tertiary/aromatic N) is 1. The van der Waals surface area contributed by atoms with E-state index in [1.807, 2.05) is 0 Å². The number of rotatable bonds is 7. The second-order valence-corrected chi connectivity index (χ2v) is 10.4. The lowest BCUT2D eigenvalue weighted by molar-refractivity contribution is -0.135. The van der Waals surface area contributed by atoms with Crippen LogP contribution in [0.25, 0.3) is 0 Å². The summed E-state index contributed by atoms with van der Waals surface area (Å²) in [6.45, 7) is 0.105. The van der Waals surface area contributed by atoms with E-state index in [1.165, 1.54) is 41.3 Å². The van der Waals surface area contributed by atoms with Gasteiger partial charge in [-0.15, -0.1) is 0 Å². The summed E-state index contributed by atoms with van der Waals surface area (Å²) in [5.74, 6) is -2.39. The van der Waals surface area contributed by atoms with E-state index in [2.05, 4.69) is 21.3 Å². The topological polar surface area (TPSA) is 166 Å². The van der Waals surface area contributed by atoms with Crippen LogP contribution in [0, 0.1) is 5.82 Å². The lowest BCUT2D eigenvalue weighted by Gasteiger charge is -2.35. The molecule has 5 rings (SSSR count). The zero-order valence-corrected chi connectivity index (χ0v) is 23.1. The summed E-state index contributed by atoms with van der Waals surface area (Å²) in [5.41, 5.74) is 0.548. The average molecular weight is 610 g/mol. The summed E-state index contributed by atoms with van der Waals surface area (Å²) in [5, 5.41) is 19.3. The van der Waals surface area contributed by atoms with Gasteiger partial charge in [-0.3, -0.25) is 25.0 Å². The lowest BCUT2D eigenvalue weighted by Crippen LogP contribution is -2.51. The quantitative estimate of drug-likeness (QED) is 0.265. The van der Waals surface area contributed by atoms with Crippen LogP contribution in [-0.2, 0) is 19.9 Å². The highest BCUT2D eigenvalue weighted by molar-refractivity contribution is 6.30. The molecule has 1 spiro atoms. The predicted molar refractivity (Wildman–Crippen MR) is 153 cm³/mol. The lowest BCUT2D eigenvalue weighted by atomic mass is 9.90. The fourth-order valence-corrected chi connectivity index (χ4v) is 5.24. The van der Waals surface area contributed by atoms with E-state index in [0.717, 1.165) is 12.1 Å². The number of nitrogens with one attached hydrogen (secondary N) is 4. The first kappa shape index (κ1) is 29.3. The number of likely N-dealkylation sites (tertiary alicyclic amines) is 1. The average Bonchev–Trinajstić information content (AvgIpc) is 3.38. The number of benzene rings is 3. The predicted octanol–water partition coefficient (Wildman–Crippen LogP) is 4.39. The summed E-state index contributed by atoms with van der Waals surface area (Å²) in [6, 6.07) is 14.1. The van der Waals surface area contributed by atoms with Crippen molar-refractivity contribution in [3.05, 3.63) is 88.7 Å². The van der Waals surface area contributed by atoms with E-state index >= 15 is 0 Å². The number of ether oxygens (including phenoxy) is 1. The Morgan fingerprint density at radius 2 is 1.70 bits per heavy atom. The van der Waals surface area contributed by atoms with Gasteiger partial charge in [0.15, 0.2) is 5.60 Å². The van der Waals surface area contributed by atoms with Crippen molar-refractivity contribution >= 4 is 58.6 Å². The Bertz CT molecular complexity index is 1600. The molecule has 0 aliphatic carbocycles. The molecule has 5 N–H and O–H groups in total. The highest BCUT2D eigenvalue weighted by atomic mass is 35.5. The van der Waals surface area contributed by atoms with Crippen molar-refractivity contribution in [2.24, 2.45) is 0 Å². The van der Waals surface area contributed by atoms with Crippen molar-refractivity contribution in [3.63, 3.8) is 0 Å². The van der Waals surface area contributed by atoms with E-state index in [4.69, 9.17) is 21.4 Å². The molecule has 43 heavy (non-hydrogen) atoms. The van der Waals surface area contributed by atoms with Crippen LogP contribution < -0.4 is 21.3 Å². The molecule has 3 aromatic carbocycles. The highest BCUT2D eigenvalue weighted by Crippen LogP contribution is 2.43. The SMILES string of the molecule is O=C(O)Nc1ccc(C(=O)N[C@@H](CC(=O)Nc2ccc(F)cc2)C(=O)N2CC[C@@]3(C2)OC(=O)Nc2ccc(Cl)cc23)cc1. The molecule has 1 saturated heterocycles. The maximum absolute atomic E-state index is 13.8. The summed E-state index contributed by atoms with van der Waals surface area (Å²) < 4.78 is 19.0. The first-order valence-electron chi connectivity index (χ1n) is 13.1. The summed E-state index contributed by atoms with van der Waals surface area (Å²) in [4.78, 5) is 64.6. The molecule has 2 aliphatic rings. The Hall–Kier alpha value is -5.17. The minimum absolute atomic E-state index is 0.0475. The number of carbonyl (C=O) groups is 5. The fourth-order valence-electron chi connectivity index (χ4n) is 5.06. The van der Waals surface area contributed by atoms with Gasteiger partial charge in [-0.2, -0.15) is 0 Å². The number of carboxylic acid groups (broad SMARTS) is 1. The van der Waals surface area contributed by atoms with Crippen LogP contribution in [0.2, 0.25) is 5.02 Å². The Labute approximate surface area is 249 Å². The number of fused-ring (bicyclic) bond motifs is 2. The van der Waals surface area contributed by atoms with Crippen LogP contribution in [-0.4, -0.2) is 59.0 Å². The summed E-state index contributed by atoms with van der Waals surface area (Å²) >= 11 is 6.21. The van der Waals surface area contributed by atoms with Crippen molar-refractivity contribution in [3.8, 4) is 0 Å². The molecule has 5 amide bonds. The normalized spacial score (nSPS) is 17.7. The third-order valence-electron chi connectivity index (χ3n) is 7.06. The van der Waals surface area contributed by atoms with Gasteiger partial charge in [-0.05, 0) is 66.7 Å². The molecule has 2 aliphatic heterocycles. The summed E-state index contributed by atoms with van der Waals surface area (Å²) in [7, 11) is 0. The Morgan fingerprint density at radius 1 is 1.02 bits per heavy atom. The molecule has 3 aromatic rings. The molecule has 12 nitrogen and oxygen atoms in total. The summed E-state index contributed by atoms with van der Waals surface area (Å²) in [6.07, 6.45) is -2.18. The molecule has 14 heteroatoms. The Balaban J connectivity index is 1.36. The minimum atomic E-state index is -1.34. The molecule has 2 atom stereocenters. The van der Waals surface area contributed by atoms with Gasteiger partial charge in [0.1, 0.15) is 11.9 Å². The largest absolute Gasteiger partial charge is 0.465 e. The molecule has 0 saturated carbocycles. The Morgan fingerprint density at radius 3 is 2.40 bits per heavy atom. The molecular formula is C29H25ClFN5O7.